The van der Waals surface area contributed by atoms with Crippen LogP contribution in [0.1, 0.15) is 29.2 Å². The number of halogens is 1. The number of carbonyl (C=O) groups is 1. The predicted octanol–water partition coefficient (Wildman–Crippen LogP) is 3.83. The maximum absolute atomic E-state index is 11.7. The average Bonchev–Trinajstić information content (AvgIpc) is 3.09. The van der Waals surface area contributed by atoms with E-state index in [1.54, 1.807) is 14.1 Å². The molecule has 0 saturated heterocycles. The van der Waals surface area contributed by atoms with Crippen molar-refractivity contribution < 1.29 is 9.53 Å². The first-order valence-electron chi connectivity index (χ1n) is 9.89. The smallest absolute Gasteiger partial charge is 0.259 e. The molecule has 8 heteroatoms. The van der Waals surface area contributed by atoms with Crippen molar-refractivity contribution in [3.8, 4) is 5.75 Å². The highest BCUT2D eigenvalue weighted by atomic mass is 127. The summed E-state index contributed by atoms with van der Waals surface area (Å²) in [5, 5.41) is 6.78. The first-order valence-corrected chi connectivity index (χ1v) is 10.7. The van der Waals surface area contributed by atoms with Crippen LogP contribution in [0.15, 0.2) is 41.4 Å². The van der Waals surface area contributed by atoms with Crippen molar-refractivity contribution in [3.63, 3.8) is 0 Å². The predicted molar refractivity (Wildman–Crippen MR) is 136 cm³/mol. The van der Waals surface area contributed by atoms with Gasteiger partial charge in [-0.15, -0.1) is 35.3 Å². The molecule has 0 spiro atoms. The number of thiophene rings is 1. The highest BCUT2D eigenvalue weighted by molar-refractivity contribution is 14.0. The molecule has 0 fully saturated rings. The van der Waals surface area contributed by atoms with Gasteiger partial charge in [-0.1, -0.05) is 12.1 Å². The lowest BCUT2D eigenvalue weighted by Gasteiger charge is -2.17. The Bertz CT molecular complexity index is 823. The van der Waals surface area contributed by atoms with Crippen LogP contribution < -0.4 is 15.4 Å². The first kappa shape index (κ1) is 26.2. The Kier molecular flexibility index (Phi) is 11.8. The van der Waals surface area contributed by atoms with Crippen LogP contribution in [0.25, 0.3) is 0 Å². The Balaban J connectivity index is 0.00000450. The van der Waals surface area contributed by atoms with Crippen LogP contribution in [0, 0.1) is 6.92 Å². The fraction of sp³-hybridized carbons (Fsp3) is 0.455. The second-order valence-electron chi connectivity index (χ2n) is 7.18. The van der Waals surface area contributed by atoms with E-state index >= 15 is 0 Å². The second-order valence-corrected chi connectivity index (χ2v) is 8.55. The highest BCUT2D eigenvalue weighted by Crippen LogP contribution is 2.17. The number of hydrogen-bond acceptors (Lipinski definition) is 4. The summed E-state index contributed by atoms with van der Waals surface area (Å²) in [4.78, 5) is 20.6. The molecule has 0 bridgehead atoms. The third kappa shape index (κ3) is 9.34. The minimum Gasteiger partial charge on any atom is -0.484 e. The van der Waals surface area contributed by atoms with E-state index in [1.165, 1.54) is 14.7 Å². The van der Waals surface area contributed by atoms with E-state index < -0.39 is 0 Å². The summed E-state index contributed by atoms with van der Waals surface area (Å²) >= 11 is 1.84. The van der Waals surface area contributed by atoms with Gasteiger partial charge in [0, 0.05) is 42.9 Å². The van der Waals surface area contributed by atoms with E-state index in [1.807, 2.05) is 35.6 Å². The summed E-state index contributed by atoms with van der Waals surface area (Å²) in [7, 11) is 3.43. The average molecular weight is 545 g/mol. The van der Waals surface area contributed by atoms with Crippen molar-refractivity contribution in [3.05, 3.63) is 51.7 Å². The molecule has 2 N–H and O–H groups in total. The molecule has 0 aliphatic rings. The van der Waals surface area contributed by atoms with Gasteiger partial charge >= 0.3 is 0 Å². The molecular weight excluding hydrogens is 511 g/mol. The lowest BCUT2D eigenvalue weighted by atomic mass is 10.2. The molecule has 0 aliphatic carbocycles. The van der Waals surface area contributed by atoms with Crippen LogP contribution in [0.4, 0.5) is 0 Å². The third-order valence-corrected chi connectivity index (χ3v) is 5.23. The summed E-state index contributed by atoms with van der Waals surface area (Å²) in [6, 6.07) is 12.3. The molecule has 0 saturated carbocycles. The van der Waals surface area contributed by atoms with Gasteiger partial charge in [0.05, 0.1) is 6.54 Å². The maximum Gasteiger partial charge on any atom is 0.259 e. The molecule has 1 atom stereocenters. The van der Waals surface area contributed by atoms with E-state index in [4.69, 9.17) is 9.73 Å². The maximum atomic E-state index is 11.7. The topological polar surface area (TPSA) is 66.0 Å². The fourth-order valence-corrected chi connectivity index (χ4v) is 3.70. The van der Waals surface area contributed by atoms with E-state index in [0.29, 0.717) is 12.3 Å². The molecule has 6 nitrogen and oxygen atoms in total. The number of guanidine groups is 1. The van der Waals surface area contributed by atoms with Crippen molar-refractivity contribution in [1.82, 2.24) is 15.5 Å². The second kappa shape index (κ2) is 13.5. The van der Waals surface area contributed by atoms with Gasteiger partial charge in [-0.05, 0) is 50.6 Å². The van der Waals surface area contributed by atoms with E-state index in [0.717, 1.165) is 24.5 Å². The number of amides is 1. The van der Waals surface area contributed by atoms with Crippen LogP contribution in [0.5, 0.6) is 5.75 Å². The van der Waals surface area contributed by atoms with Crippen molar-refractivity contribution in [1.29, 1.82) is 0 Å². The monoisotopic (exact) mass is 544 g/mol. The lowest BCUT2D eigenvalue weighted by molar-refractivity contribution is -0.130. The zero-order valence-corrected chi connectivity index (χ0v) is 21.5. The Hall–Kier alpha value is -1.81. The third-order valence-electron chi connectivity index (χ3n) is 4.21. The zero-order chi connectivity index (χ0) is 21.2. The summed E-state index contributed by atoms with van der Waals surface area (Å²) in [5.41, 5.74) is 1.03. The van der Waals surface area contributed by atoms with Crippen molar-refractivity contribution in [2.75, 3.05) is 27.2 Å². The van der Waals surface area contributed by atoms with E-state index in [2.05, 4.69) is 43.5 Å². The van der Waals surface area contributed by atoms with Crippen LogP contribution in [-0.4, -0.2) is 50.1 Å². The van der Waals surface area contributed by atoms with Gasteiger partial charge in [0.2, 0.25) is 0 Å². The standard InChI is InChI=1S/C22H32N4O2S.HI/c1-6-23-22(25-16(2)12-20-11-10-17(3)29-20)24-14-18-8-7-9-19(13-18)28-15-21(27)26(4)5;/h7-11,13,16H,6,12,14-15H2,1-5H3,(H2,23,24,25);1H. The van der Waals surface area contributed by atoms with Gasteiger partial charge in [0.25, 0.3) is 5.91 Å². The lowest BCUT2D eigenvalue weighted by Crippen LogP contribution is -2.43. The number of hydrogen-bond donors (Lipinski definition) is 2. The number of carbonyl (C=O) groups excluding carboxylic acids is 1. The number of nitrogens with one attached hydrogen (secondary N) is 2. The largest absolute Gasteiger partial charge is 0.484 e. The van der Waals surface area contributed by atoms with E-state index in [9.17, 15) is 4.79 Å². The fourth-order valence-electron chi connectivity index (χ4n) is 2.68. The molecule has 1 aromatic heterocycles. The quantitative estimate of drug-likeness (QED) is 0.286. The minimum atomic E-state index is -0.0676. The Morgan fingerprint density at radius 2 is 2.03 bits per heavy atom. The molecule has 1 amide bonds. The Morgan fingerprint density at radius 3 is 2.67 bits per heavy atom. The van der Waals surface area contributed by atoms with Gasteiger partial charge in [-0.3, -0.25) is 4.79 Å². The van der Waals surface area contributed by atoms with Gasteiger partial charge in [0.1, 0.15) is 5.75 Å². The van der Waals surface area contributed by atoms with Gasteiger partial charge < -0.3 is 20.3 Å². The number of rotatable bonds is 9. The molecule has 0 radical (unpaired) electrons. The van der Waals surface area contributed by atoms with Crippen LogP contribution >= 0.6 is 35.3 Å². The Labute approximate surface area is 201 Å². The summed E-state index contributed by atoms with van der Waals surface area (Å²) < 4.78 is 5.59. The summed E-state index contributed by atoms with van der Waals surface area (Å²) in [5.74, 6) is 1.40. The first-order chi connectivity index (χ1) is 13.9. The molecule has 1 heterocycles. The zero-order valence-electron chi connectivity index (χ0n) is 18.4. The molecule has 0 aliphatic heterocycles. The van der Waals surface area contributed by atoms with Crippen LogP contribution in [-0.2, 0) is 17.8 Å². The number of benzene rings is 1. The molecule has 1 unspecified atom stereocenters. The summed E-state index contributed by atoms with van der Waals surface area (Å²) in [6.45, 7) is 7.71. The SMILES string of the molecule is CCNC(=NCc1cccc(OCC(=O)N(C)C)c1)NC(C)Cc1ccc(C)s1.I. The molecular formula is C22H33IN4O2S. The van der Waals surface area contributed by atoms with Gasteiger partial charge in [-0.2, -0.15) is 0 Å². The number of ether oxygens (including phenoxy) is 1. The molecule has 30 heavy (non-hydrogen) atoms. The number of aliphatic imine (C=N–C) groups is 1. The minimum absolute atomic E-state index is 0. The molecule has 2 aromatic rings. The van der Waals surface area contributed by atoms with Crippen molar-refractivity contribution >= 4 is 47.2 Å². The van der Waals surface area contributed by atoms with Gasteiger partial charge in [0.15, 0.2) is 12.6 Å². The molecule has 1 aromatic carbocycles. The normalized spacial score (nSPS) is 12.0. The van der Waals surface area contributed by atoms with Crippen LogP contribution in [0.2, 0.25) is 0 Å². The van der Waals surface area contributed by atoms with Crippen LogP contribution in [0.3, 0.4) is 0 Å². The number of nitrogens with zero attached hydrogens (tertiary/aromatic N) is 2. The van der Waals surface area contributed by atoms with Crippen molar-refractivity contribution in [2.24, 2.45) is 4.99 Å². The summed E-state index contributed by atoms with van der Waals surface area (Å²) in [6.07, 6.45) is 0.964. The van der Waals surface area contributed by atoms with E-state index in [-0.39, 0.29) is 42.5 Å². The van der Waals surface area contributed by atoms with Gasteiger partial charge in [-0.25, -0.2) is 4.99 Å². The van der Waals surface area contributed by atoms with Crippen molar-refractivity contribution in [2.45, 2.75) is 39.8 Å². The number of likely N-dealkylation sites (N-methyl/N-ethyl adjacent to an activating group) is 1. The molecule has 166 valence electrons. The highest BCUT2D eigenvalue weighted by Gasteiger charge is 2.08. The molecule has 2 rings (SSSR count). The Morgan fingerprint density at radius 1 is 1.27 bits per heavy atom. The number of aryl methyl sites for hydroxylation is 1.